The zero-order chi connectivity index (χ0) is 12.1. The van der Waals surface area contributed by atoms with Gasteiger partial charge in [0.25, 0.3) is 0 Å². The first-order valence-corrected chi connectivity index (χ1v) is 7.58. The number of ether oxygens (including phenoxy) is 1. The normalized spacial score (nSPS) is 21.9. The van der Waals surface area contributed by atoms with Crippen LogP contribution in [0.15, 0.2) is 12.1 Å². The number of aryl methyl sites for hydroxylation is 1. The Balaban J connectivity index is 1.99. The molecule has 1 aromatic heterocycles. The average molecular weight is 253 g/mol. The Morgan fingerprint density at radius 2 is 2.35 bits per heavy atom. The van der Waals surface area contributed by atoms with Crippen molar-refractivity contribution in [1.82, 2.24) is 5.32 Å². The Morgan fingerprint density at radius 1 is 1.47 bits per heavy atom. The number of hydrogen-bond donors (Lipinski definition) is 1. The molecule has 2 rings (SSSR count). The van der Waals surface area contributed by atoms with Gasteiger partial charge < -0.3 is 10.1 Å². The summed E-state index contributed by atoms with van der Waals surface area (Å²) in [6, 6.07) is 5.03. The number of thiophene rings is 1. The molecular formula is C14H23NOS. The molecule has 1 saturated heterocycles. The van der Waals surface area contributed by atoms with Gasteiger partial charge in [-0.05, 0) is 44.4 Å². The molecule has 3 heteroatoms. The van der Waals surface area contributed by atoms with E-state index >= 15 is 0 Å². The summed E-state index contributed by atoms with van der Waals surface area (Å²) < 4.78 is 5.75. The molecule has 0 saturated carbocycles. The molecule has 2 atom stereocenters. The van der Waals surface area contributed by atoms with E-state index in [0.29, 0.717) is 12.1 Å². The molecule has 0 spiro atoms. The minimum absolute atomic E-state index is 0.464. The molecule has 1 aliphatic rings. The molecule has 1 N–H and O–H groups in total. The smallest absolute Gasteiger partial charge is 0.0594 e. The zero-order valence-electron chi connectivity index (χ0n) is 10.9. The van der Waals surface area contributed by atoms with Crippen LogP contribution in [0.25, 0.3) is 0 Å². The van der Waals surface area contributed by atoms with Gasteiger partial charge in [0.05, 0.1) is 6.10 Å². The first kappa shape index (κ1) is 13.1. The van der Waals surface area contributed by atoms with Crippen molar-refractivity contribution in [3.8, 4) is 0 Å². The van der Waals surface area contributed by atoms with E-state index in [1.807, 2.05) is 11.3 Å². The molecule has 0 aliphatic carbocycles. The summed E-state index contributed by atoms with van der Waals surface area (Å²) in [5, 5.41) is 3.59. The second-order valence-electron chi connectivity index (χ2n) is 4.64. The lowest BCUT2D eigenvalue weighted by Gasteiger charge is -2.20. The van der Waals surface area contributed by atoms with Gasteiger partial charge in [-0.15, -0.1) is 11.3 Å². The van der Waals surface area contributed by atoms with E-state index in [4.69, 9.17) is 4.74 Å². The lowest BCUT2D eigenvalue weighted by atomic mass is 10.1. The van der Waals surface area contributed by atoms with Crippen LogP contribution in [0, 0.1) is 0 Å². The summed E-state index contributed by atoms with van der Waals surface area (Å²) in [5.41, 5.74) is 0. The van der Waals surface area contributed by atoms with Gasteiger partial charge in [-0.1, -0.05) is 13.8 Å². The van der Waals surface area contributed by atoms with Crippen LogP contribution in [0.2, 0.25) is 0 Å². The Hall–Kier alpha value is -0.380. The van der Waals surface area contributed by atoms with Gasteiger partial charge in [0.1, 0.15) is 0 Å². The van der Waals surface area contributed by atoms with E-state index < -0.39 is 0 Å². The minimum atomic E-state index is 0.464. The highest BCUT2D eigenvalue weighted by molar-refractivity contribution is 7.12. The maximum atomic E-state index is 5.75. The zero-order valence-corrected chi connectivity index (χ0v) is 11.7. The standard InChI is InChI=1S/C14H23NOS/c1-3-12-7-8-14(17-12)13(15-4-2)10-11-6-5-9-16-11/h7-8,11,13,15H,3-6,9-10H2,1-2H3. The minimum Gasteiger partial charge on any atom is -0.378 e. The lowest BCUT2D eigenvalue weighted by molar-refractivity contribution is 0.0951. The molecule has 0 amide bonds. The van der Waals surface area contributed by atoms with Crippen LogP contribution in [0.1, 0.15) is 48.9 Å². The van der Waals surface area contributed by atoms with Gasteiger partial charge in [-0.3, -0.25) is 0 Å². The molecule has 0 bridgehead atoms. The fourth-order valence-electron chi connectivity index (χ4n) is 2.41. The van der Waals surface area contributed by atoms with Gasteiger partial charge in [0, 0.05) is 22.4 Å². The van der Waals surface area contributed by atoms with Crippen molar-refractivity contribution in [2.24, 2.45) is 0 Å². The van der Waals surface area contributed by atoms with Crippen molar-refractivity contribution < 1.29 is 4.74 Å². The Kier molecular flexibility index (Phi) is 5.01. The monoisotopic (exact) mass is 253 g/mol. The average Bonchev–Trinajstić information content (AvgIpc) is 2.99. The largest absolute Gasteiger partial charge is 0.378 e. The third kappa shape index (κ3) is 3.54. The third-order valence-corrected chi connectivity index (χ3v) is 4.69. The van der Waals surface area contributed by atoms with Crippen LogP contribution in [-0.2, 0) is 11.2 Å². The summed E-state index contributed by atoms with van der Waals surface area (Å²) in [6.07, 6.45) is 5.19. The molecule has 17 heavy (non-hydrogen) atoms. The second-order valence-corrected chi connectivity index (χ2v) is 5.84. The molecule has 2 heterocycles. The molecule has 2 unspecified atom stereocenters. The Morgan fingerprint density at radius 3 is 2.94 bits per heavy atom. The highest BCUT2D eigenvalue weighted by Crippen LogP contribution is 2.30. The van der Waals surface area contributed by atoms with Crippen molar-refractivity contribution in [3.05, 3.63) is 21.9 Å². The molecule has 1 fully saturated rings. The third-order valence-electron chi connectivity index (χ3n) is 3.35. The molecular weight excluding hydrogens is 230 g/mol. The van der Waals surface area contributed by atoms with Crippen molar-refractivity contribution in [3.63, 3.8) is 0 Å². The van der Waals surface area contributed by atoms with Crippen molar-refractivity contribution in [2.45, 2.75) is 51.7 Å². The van der Waals surface area contributed by atoms with E-state index in [2.05, 4.69) is 31.3 Å². The van der Waals surface area contributed by atoms with E-state index in [-0.39, 0.29) is 0 Å². The quantitative estimate of drug-likeness (QED) is 0.837. The Labute approximate surface area is 108 Å². The number of rotatable bonds is 6. The number of nitrogens with one attached hydrogen (secondary N) is 1. The first-order chi connectivity index (χ1) is 8.33. The summed E-state index contributed by atoms with van der Waals surface area (Å²) in [5.74, 6) is 0. The van der Waals surface area contributed by atoms with Gasteiger partial charge in [0.2, 0.25) is 0 Å². The van der Waals surface area contributed by atoms with E-state index in [0.717, 1.165) is 26.0 Å². The Bertz CT molecular complexity index is 331. The van der Waals surface area contributed by atoms with Crippen molar-refractivity contribution in [1.29, 1.82) is 0 Å². The SMILES string of the molecule is CCNC(CC1CCCO1)c1ccc(CC)s1. The van der Waals surface area contributed by atoms with Gasteiger partial charge in [-0.2, -0.15) is 0 Å². The fraction of sp³-hybridized carbons (Fsp3) is 0.714. The summed E-state index contributed by atoms with van der Waals surface area (Å²) in [4.78, 5) is 2.95. The van der Waals surface area contributed by atoms with Crippen LogP contribution in [0.4, 0.5) is 0 Å². The predicted octanol–water partition coefficient (Wildman–Crippen LogP) is 3.53. The van der Waals surface area contributed by atoms with Gasteiger partial charge in [0.15, 0.2) is 0 Å². The maximum absolute atomic E-state index is 5.75. The van der Waals surface area contributed by atoms with Crippen molar-refractivity contribution >= 4 is 11.3 Å². The van der Waals surface area contributed by atoms with Crippen LogP contribution in [-0.4, -0.2) is 19.3 Å². The summed E-state index contributed by atoms with van der Waals surface area (Å²) in [7, 11) is 0. The van der Waals surface area contributed by atoms with Crippen LogP contribution in [0.5, 0.6) is 0 Å². The van der Waals surface area contributed by atoms with E-state index in [9.17, 15) is 0 Å². The number of hydrogen-bond acceptors (Lipinski definition) is 3. The lowest BCUT2D eigenvalue weighted by Crippen LogP contribution is -2.24. The molecule has 2 nitrogen and oxygen atoms in total. The van der Waals surface area contributed by atoms with Crippen LogP contribution in [0.3, 0.4) is 0 Å². The first-order valence-electron chi connectivity index (χ1n) is 6.77. The molecule has 1 aromatic rings. The molecule has 0 aromatic carbocycles. The van der Waals surface area contributed by atoms with E-state index in [1.54, 1.807) is 0 Å². The highest BCUT2D eigenvalue weighted by atomic mass is 32.1. The highest BCUT2D eigenvalue weighted by Gasteiger charge is 2.22. The van der Waals surface area contributed by atoms with E-state index in [1.165, 1.54) is 22.6 Å². The van der Waals surface area contributed by atoms with Crippen LogP contribution < -0.4 is 5.32 Å². The van der Waals surface area contributed by atoms with Crippen molar-refractivity contribution in [2.75, 3.05) is 13.2 Å². The van der Waals surface area contributed by atoms with Gasteiger partial charge >= 0.3 is 0 Å². The summed E-state index contributed by atoms with van der Waals surface area (Å²) >= 11 is 1.95. The predicted molar refractivity (Wildman–Crippen MR) is 73.7 cm³/mol. The maximum Gasteiger partial charge on any atom is 0.0594 e. The molecule has 1 aliphatic heterocycles. The van der Waals surface area contributed by atoms with Crippen LogP contribution >= 0.6 is 11.3 Å². The summed E-state index contributed by atoms with van der Waals surface area (Å²) in [6.45, 7) is 6.37. The molecule has 96 valence electrons. The fourth-order valence-corrected chi connectivity index (χ4v) is 3.45. The second kappa shape index (κ2) is 6.53. The topological polar surface area (TPSA) is 21.3 Å². The van der Waals surface area contributed by atoms with Gasteiger partial charge in [-0.25, -0.2) is 0 Å². The molecule has 0 radical (unpaired) electrons.